The summed E-state index contributed by atoms with van der Waals surface area (Å²) in [6.07, 6.45) is 2.06. The topological polar surface area (TPSA) is 49.1 Å². The molecule has 0 fully saturated rings. The standard InChI is InChI=1S/C21H24ClN3OS/c1-14(13-26-2)25-21(27)24-12-17(15-7-3-5-9-19(15)22)18-11-23-20-10-6-4-8-16(18)20/h3-11,14,17,23H,12-13H2,1-2H3,(H2,24,25,27)/t14-,17-/m0/s1. The SMILES string of the molecule is COC[C@H](C)NC(=S)NC[C@@H](c1ccccc1Cl)c1c[nH]c2ccccc12. The second-order valence-electron chi connectivity index (χ2n) is 6.57. The van der Waals surface area contributed by atoms with Crippen LogP contribution in [0.1, 0.15) is 24.0 Å². The van der Waals surface area contributed by atoms with Gasteiger partial charge in [-0.05, 0) is 42.4 Å². The quantitative estimate of drug-likeness (QED) is 0.512. The third-order valence-electron chi connectivity index (χ3n) is 4.54. The predicted octanol–water partition coefficient (Wildman–Crippen LogP) is 4.45. The van der Waals surface area contributed by atoms with Crippen molar-refractivity contribution in [3.8, 4) is 0 Å². The van der Waals surface area contributed by atoms with Crippen LogP contribution in [0.15, 0.2) is 54.7 Å². The highest BCUT2D eigenvalue weighted by atomic mass is 35.5. The van der Waals surface area contributed by atoms with Gasteiger partial charge in [-0.2, -0.15) is 0 Å². The number of para-hydroxylation sites is 1. The van der Waals surface area contributed by atoms with Crippen LogP contribution < -0.4 is 10.6 Å². The van der Waals surface area contributed by atoms with Crippen molar-refractivity contribution in [2.24, 2.45) is 0 Å². The number of thiocarbonyl (C=S) groups is 1. The van der Waals surface area contributed by atoms with E-state index in [1.807, 2.05) is 31.2 Å². The smallest absolute Gasteiger partial charge is 0.166 e. The van der Waals surface area contributed by atoms with Gasteiger partial charge in [0.15, 0.2) is 5.11 Å². The second kappa shape index (κ2) is 9.22. The van der Waals surface area contributed by atoms with Gasteiger partial charge in [-0.3, -0.25) is 0 Å². The number of ether oxygens (including phenoxy) is 1. The van der Waals surface area contributed by atoms with Gasteiger partial charge in [-0.25, -0.2) is 0 Å². The Hall–Kier alpha value is -2.08. The maximum Gasteiger partial charge on any atom is 0.166 e. The minimum Gasteiger partial charge on any atom is -0.383 e. The first-order valence-electron chi connectivity index (χ1n) is 8.94. The molecule has 0 radical (unpaired) electrons. The van der Waals surface area contributed by atoms with E-state index >= 15 is 0 Å². The molecule has 2 atom stereocenters. The lowest BCUT2D eigenvalue weighted by molar-refractivity contribution is 0.179. The molecule has 3 N–H and O–H groups in total. The number of fused-ring (bicyclic) bond motifs is 1. The molecule has 3 aromatic rings. The number of rotatable bonds is 7. The first kappa shape index (κ1) is 19.7. The van der Waals surface area contributed by atoms with Crippen molar-refractivity contribution in [3.63, 3.8) is 0 Å². The Morgan fingerprint density at radius 2 is 1.89 bits per heavy atom. The highest BCUT2D eigenvalue weighted by Crippen LogP contribution is 2.33. The largest absolute Gasteiger partial charge is 0.383 e. The number of benzene rings is 2. The van der Waals surface area contributed by atoms with E-state index in [1.165, 1.54) is 10.9 Å². The summed E-state index contributed by atoms with van der Waals surface area (Å²) < 4.78 is 5.15. The molecule has 4 nitrogen and oxygen atoms in total. The molecule has 3 rings (SSSR count). The predicted molar refractivity (Wildman–Crippen MR) is 117 cm³/mol. The Bertz CT molecular complexity index is 911. The molecule has 1 heterocycles. The average molecular weight is 402 g/mol. The third-order valence-corrected chi connectivity index (χ3v) is 5.14. The van der Waals surface area contributed by atoms with Crippen LogP contribution in [-0.4, -0.2) is 36.4 Å². The van der Waals surface area contributed by atoms with Gasteiger partial charge in [-0.1, -0.05) is 48.0 Å². The fourth-order valence-electron chi connectivity index (χ4n) is 3.29. The number of hydrogen-bond acceptors (Lipinski definition) is 2. The molecule has 0 bridgehead atoms. The molecule has 1 aromatic heterocycles. The molecule has 27 heavy (non-hydrogen) atoms. The zero-order chi connectivity index (χ0) is 19.2. The number of H-pyrrole nitrogens is 1. The summed E-state index contributed by atoms with van der Waals surface area (Å²) >= 11 is 12.0. The number of nitrogens with one attached hydrogen (secondary N) is 3. The summed E-state index contributed by atoms with van der Waals surface area (Å²) in [7, 11) is 1.68. The maximum absolute atomic E-state index is 6.52. The number of aromatic amines is 1. The van der Waals surface area contributed by atoms with Crippen molar-refractivity contribution in [1.82, 2.24) is 15.6 Å². The molecule has 142 valence electrons. The van der Waals surface area contributed by atoms with E-state index in [9.17, 15) is 0 Å². The van der Waals surface area contributed by atoms with Crippen LogP contribution >= 0.6 is 23.8 Å². The Labute approximate surface area is 170 Å². The molecule has 0 unspecified atom stereocenters. The monoisotopic (exact) mass is 401 g/mol. The summed E-state index contributed by atoms with van der Waals surface area (Å²) in [5.74, 6) is 0.0623. The van der Waals surface area contributed by atoms with Gasteiger partial charge in [-0.15, -0.1) is 0 Å². The molecule has 0 aliphatic carbocycles. The Morgan fingerprint density at radius 3 is 2.67 bits per heavy atom. The van der Waals surface area contributed by atoms with Crippen molar-refractivity contribution < 1.29 is 4.74 Å². The minimum atomic E-state index is 0.0623. The number of hydrogen-bond donors (Lipinski definition) is 3. The molecule has 0 saturated carbocycles. The van der Waals surface area contributed by atoms with E-state index in [-0.39, 0.29) is 12.0 Å². The van der Waals surface area contributed by atoms with Crippen LogP contribution in [0.2, 0.25) is 5.02 Å². The van der Waals surface area contributed by atoms with Crippen molar-refractivity contribution >= 4 is 39.8 Å². The van der Waals surface area contributed by atoms with Crippen LogP contribution in [0.25, 0.3) is 10.9 Å². The minimum absolute atomic E-state index is 0.0623. The zero-order valence-corrected chi connectivity index (χ0v) is 17.0. The molecular formula is C21H24ClN3OS. The lowest BCUT2D eigenvalue weighted by Gasteiger charge is -2.22. The fraction of sp³-hybridized carbons (Fsp3) is 0.286. The molecule has 6 heteroatoms. The van der Waals surface area contributed by atoms with Crippen LogP contribution in [0.4, 0.5) is 0 Å². The summed E-state index contributed by atoms with van der Waals surface area (Å²) in [6, 6.07) is 16.4. The lowest BCUT2D eigenvalue weighted by atomic mass is 9.91. The Balaban J connectivity index is 1.85. The van der Waals surface area contributed by atoms with E-state index in [2.05, 4.69) is 46.1 Å². The van der Waals surface area contributed by atoms with Crippen molar-refractivity contribution in [3.05, 3.63) is 70.9 Å². The number of halogens is 1. The van der Waals surface area contributed by atoms with Crippen LogP contribution in [0.5, 0.6) is 0 Å². The van der Waals surface area contributed by atoms with Crippen molar-refractivity contribution in [2.45, 2.75) is 18.9 Å². The number of methoxy groups -OCH3 is 1. The normalized spacial score (nSPS) is 13.3. The van der Waals surface area contributed by atoms with Crippen molar-refractivity contribution in [1.29, 1.82) is 0 Å². The molecule has 2 aromatic carbocycles. The third kappa shape index (κ3) is 4.80. The van der Waals surface area contributed by atoms with Crippen LogP contribution in [0, 0.1) is 0 Å². The molecular weight excluding hydrogens is 378 g/mol. The summed E-state index contributed by atoms with van der Waals surface area (Å²) in [4.78, 5) is 3.36. The summed E-state index contributed by atoms with van der Waals surface area (Å²) in [5, 5.41) is 9.13. The Kier molecular flexibility index (Phi) is 6.72. The molecule has 0 spiro atoms. The first-order chi connectivity index (χ1) is 13.1. The van der Waals surface area contributed by atoms with E-state index in [0.717, 1.165) is 16.1 Å². The molecule has 0 aliphatic rings. The van der Waals surface area contributed by atoms with Gasteiger partial charge in [0.2, 0.25) is 0 Å². The van der Waals surface area contributed by atoms with Crippen LogP contribution in [-0.2, 0) is 4.74 Å². The fourth-order valence-corrected chi connectivity index (χ4v) is 3.84. The van der Waals surface area contributed by atoms with E-state index in [1.54, 1.807) is 7.11 Å². The van der Waals surface area contributed by atoms with Gasteiger partial charge in [0.05, 0.1) is 6.61 Å². The highest BCUT2D eigenvalue weighted by Gasteiger charge is 2.20. The van der Waals surface area contributed by atoms with Gasteiger partial charge in [0.1, 0.15) is 0 Å². The number of aromatic nitrogens is 1. The van der Waals surface area contributed by atoms with Crippen molar-refractivity contribution in [2.75, 3.05) is 20.3 Å². The van der Waals surface area contributed by atoms with Crippen LogP contribution in [0.3, 0.4) is 0 Å². The van der Waals surface area contributed by atoms with E-state index < -0.39 is 0 Å². The highest BCUT2D eigenvalue weighted by molar-refractivity contribution is 7.80. The van der Waals surface area contributed by atoms with Gasteiger partial charge in [0.25, 0.3) is 0 Å². The zero-order valence-electron chi connectivity index (χ0n) is 15.5. The molecule has 0 amide bonds. The van der Waals surface area contributed by atoms with Gasteiger partial charge >= 0.3 is 0 Å². The average Bonchev–Trinajstić information content (AvgIpc) is 3.07. The van der Waals surface area contributed by atoms with E-state index in [0.29, 0.717) is 18.3 Å². The summed E-state index contributed by atoms with van der Waals surface area (Å²) in [5.41, 5.74) is 3.38. The maximum atomic E-state index is 6.52. The second-order valence-corrected chi connectivity index (χ2v) is 7.39. The first-order valence-corrected chi connectivity index (χ1v) is 9.72. The molecule has 0 aliphatic heterocycles. The lowest BCUT2D eigenvalue weighted by Crippen LogP contribution is -2.43. The molecule has 0 saturated heterocycles. The Morgan fingerprint density at radius 1 is 1.15 bits per heavy atom. The van der Waals surface area contributed by atoms with Gasteiger partial charge < -0.3 is 20.4 Å². The van der Waals surface area contributed by atoms with E-state index in [4.69, 9.17) is 28.6 Å². The van der Waals surface area contributed by atoms with Gasteiger partial charge in [0, 0.05) is 47.7 Å². The summed E-state index contributed by atoms with van der Waals surface area (Å²) in [6.45, 7) is 3.26.